The van der Waals surface area contributed by atoms with Crippen LogP contribution in [0.5, 0.6) is 0 Å². The van der Waals surface area contributed by atoms with Gasteiger partial charge in [-0.25, -0.2) is 4.98 Å². The van der Waals surface area contributed by atoms with Crippen LogP contribution in [0, 0.1) is 0 Å². The Labute approximate surface area is 73.0 Å². The first kappa shape index (κ1) is 8.78. The zero-order valence-electron chi connectivity index (χ0n) is 7.16. The molecule has 0 aromatic carbocycles. The van der Waals surface area contributed by atoms with Crippen LogP contribution in [0.4, 0.5) is 0 Å². The average Bonchev–Trinajstić information content (AvgIpc) is 2.56. The number of hydrogen-bond donors (Lipinski definition) is 1. The first-order valence-electron chi connectivity index (χ1n) is 4.09. The molecule has 1 rings (SSSR count). The second-order valence-corrected chi connectivity index (χ2v) is 2.72. The van der Waals surface area contributed by atoms with Gasteiger partial charge in [0.1, 0.15) is 5.82 Å². The monoisotopic (exact) mass is 162 g/mol. The van der Waals surface area contributed by atoms with Crippen LogP contribution >= 0.6 is 0 Å². The van der Waals surface area contributed by atoms with Crippen molar-refractivity contribution in [2.24, 2.45) is 0 Å². The molecule has 0 atom stereocenters. The van der Waals surface area contributed by atoms with Crippen LogP contribution in [-0.2, 0) is 0 Å². The van der Waals surface area contributed by atoms with Gasteiger partial charge < -0.3 is 4.98 Å². The normalized spacial score (nSPS) is 10.1. The van der Waals surface area contributed by atoms with Crippen LogP contribution in [0.3, 0.4) is 0 Å². The lowest BCUT2D eigenvalue weighted by Gasteiger charge is -2.08. The molecule has 1 aromatic heterocycles. The number of allylic oxidation sites excluding steroid dienone is 2. The molecule has 0 bridgehead atoms. The number of rotatable bonds is 5. The van der Waals surface area contributed by atoms with Crippen LogP contribution in [-0.4, -0.2) is 9.97 Å². The minimum atomic E-state index is 0.412. The molecule has 1 heterocycles. The van der Waals surface area contributed by atoms with Crippen molar-refractivity contribution in [2.75, 3.05) is 0 Å². The lowest BCUT2D eigenvalue weighted by molar-refractivity contribution is 0.670. The Morgan fingerprint density at radius 3 is 2.50 bits per heavy atom. The van der Waals surface area contributed by atoms with Crippen LogP contribution < -0.4 is 0 Å². The molecule has 1 aromatic rings. The minimum Gasteiger partial charge on any atom is -0.348 e. The zero-order chi connectivity index (χ0) is 8.81. The van der Waals surface area contributed by atoms with E-state index in [2.05, 4.69) is 23.1 Å². The lowest BCUT2D eigenvalue weighted by Crippen LogP contribution is -1.98. The van der Waals surface area contributed by atoms with Gasteiger partial charge in [-0.1, -0.05) is 12.2 Å². The maximum absolute atomic E-state index is 4.20. The summed E-state index contributed by atoms with van der Waals surface area (Å²) < 4.78 is 0. The van der Waals surface area contributed by atoms with Crippen molar-refractivity contribution in [3.63, 3.8) is 0 Å². The van der Waals surface area contributed by atoms with Gasteiger partial charge in [-0.15, -0.1) is 13.2 Å². The van der Waals surface area contributed by atoms with E-state index in [1.165, 1.54) is 0 Å². The zero-order valence-corrected chi connectivity index (χ0v) is 7.16. The molecule has 0 radical (unpaired) electrons. The van der Waals surface area contributed by atoms with Crippen LogP contribution in [0.15, 0.2) is 37.7 Å². The molecule has 0 saturated heterocycles. The number of imidazole rings is 1. The highest BCUT2D eigenvalue weighted by molar-refractivity contribution is 5.01. The molecule has 0 fully saturated rings. The Balaban J connectivity index is 2.65. The fraction of sp³-hybridized carbons (Fsp3) is 0.300. The highest BCUT2D eigenvalue weighted by Gasteiger charge is 2.09. The molecule has 1 N–H and O–H groups in total. The highest BCUT2D eigenvalue weighted by atomic mass is 14.9. The fourth-order valence-electron chi connectivity index (χ4n) is 1.22. The summed E-state index contributed by atoms with van der Waals surface area (Å²) in [5.74, 6) is 1.44. The summed E-state index contributed by atoms with van der Waals surface area (Å²) in [4.78, 5) is 7.30. The average molecular weight is 162 g/mol. The van der Waals surface area contributed by atoms with E-state index in [1.807, 2.05) is 18.3 Å². The fourth-order valence-corrected chi connectivity index (χ4v) is 1.22. The number of aromatic nitrogens is 2. The predicted octanol–water partition coefficient (Wildman–Crippen LogP) is 2.65. The van der Waals surface area contributed by atoms with E-state index >= 15 is 0 Å². The summed E-state index contributed by atoms with van der Waals surface area (Å²) in [6, 6.07) is 0. The van der Waals surface area contributed by atoms with Crippen molar-refractivity contribution in [1.29, 1.82) is 0 Å². The summed E-state index contributed by atoms with van der Waals surface area (Å²) >= 11 is 0. The van der Waals surface area contributed by atoms with Gasteiger partial charge in [0.2, 0.25) is 0 Å². The van der Waals surface area contributed by atoms with Gasteiger partial charge in [0, 0.05) is 18.3 Å². The summed E-state index contributed by atoms with van der Waals surface area (Å²) in [6.45, 7) is 7.43. The van der Waals surface area contributed by atoms with Gasteiger partial charge in [0.25, 0.3) is 0 Å². The topological polar surface area (TPSA) is 28.7 Å². The molecule has 2 heteroatoms. The van der Waals surface area contributed by atoms with E-state index in [-0.39, 0.29) is 0 Å². The molecule has 0 saturated carbocycles. The Morgan fingerprint density at radius 1 is 1.42 bits per heavy atom. The minimum absolute atomic E-state index is 0.412. The second kappa shape index (κ2) is 4.54. The van der Waals surface area contributed by atoms with Crippen LogP contribution in [0.2, 0.25) is 0 Å². The molecular weight excluding hydrogens is 148 g/mol. The standard InChI is InChI=1S/C10H14N2/c1-3-5-9(6-4-2)10-11-7-8-12-10/h3-4,7-9H,1-2,5-6H2,(H,11,12). The summed E-state index contributed by atoms with van der Waals surface area (Å²) in [5.41, 5.74) is 0. The van der Waals surface area contributed by atoms with Crippen LogP contribution in [0.25, 0.3) is 0 Å². The summed E-state index contributed by atoms with van der Waals surface area (Å²) in [5, 5.41) is 0. The van der Waals surface area contributed by atoms with Gasteiger partial charge in [-0.2, -0.15) is 0 Å². The van der Waals surface area contributed by atoms with Gasteiger partial charge in [-0.05, 0) is 12.8 Å². The summed E-state index contributed by atoms with van der Waals surface area (Å²) in [6.07, 6.45) is 9.33. The smallest absolute Gasteiger partial charge is 0.109 e. The number of aromatic amines is 1. The first-order chi connectivity index (χ1) is 5.88. The Morgan fingerprint density at radius 2 is 2.08 bits per heavy atom. The third-order valence-electron chi connectivity index (χ3n) is 1.81. The maximum Gasteiger partial charge on any atom is 0.109 e. The second-order valence-electron chi connectivity index (χ2n) is 2.72. The number of nitrogens with one attached hydrogen (secondary N) is 1. The van der Waals surface area contributed by atoms with Crippen molar-refractivity contribution < 1.29 is 0 Å². The Kier molecular flexibility index (Phi) is 3.33. The van der Waals surface area contributed by atoms with E-state index < -0.39 is 0 Å². The predicted molar refractivity (Wildman–Crippen MR) is 51.0 cm³/mol. The molecule has 12 heavy (non-hydrogen) atoms. The molecule has 0 aliphatic heterocycles. The van der Waals surface area contributed by atoms with Crippen molar-refractivity contribution in [1.82, 2.24) is 9.97 Å². The molecule has 0 aliphatic rings. The number of H-pyrrole nitrogens is 1. The van der Waals surface area contributed by atoms with Crippen molar-refractivity contribution >= 4 is 0 Å². The van der Waals surface area contributed by atoms with E-state index in [1.54, 1.807) is 6.20 Å². The SMILES string of the molecule is C=CCC(CC=C)c1ncc[nH]1. The van der Waals surface area contributed by atoms with Crippen molar-refractivity contribution in [3.05, 3.63) is 43.5 Å². The number of nitrogens with zero attached hydrogens (tertiary/aromatic N) is 1. The molecule has 0 spiro atoms. The quantitative estimate of drug-likeness (QED) is 0.662. The summed E-state index contributed by atoms with van der Waals surface area (Å²) in [7, 11) is 0. The number of hydrogen-bond acceptors (Lipinski definition) is 1. The maximum atomic E-state index is 4.20. The highest BCUT2D eigenvalue weighted by Crippen LogP contribution is 2.20. The van der Waals surface area contributed by atoms with E-state index in [4.69, 9.17) is 0 Å². The van der Waals surface area contributed by atoms with E-state index in [0.29, 0.717) is 5.92 Å². The third-order valence-corrected chi connectivity index (χ3v) is 1.81. The van der Waals surface area contributed by atoms with Gasteiger partial charge in [0.15, 0.2) is 0 Å². The molecule has 0 unspecified atom stereocenters. The largest absolute Gasteiger partial charge is 0.348 e. The molecule has 0 aliphatic carbocycles. The lowest BCUT2D eigenvalue weighted by atomic mass is 10.0. The van der Waals surface area contributed by atoms with Crippen LogP contribution in [0.1, 0.15) is 24.6 Å². The van der Waals surface area contributed by atoms with Crippen molar-refractivity contribution in [2.45, 2.75) is 18.8 Å². The molecular formula is C10H14N2. The third kappa shape index (κ3) is 2.09. The van der Waals surface area contributed by atoms with Gasteiger partial charge in [0.05, 0.1) is 0 Å². The van der Waals surface area contributed by atoms with Gasteiger partial charge >= 0.3 is 0 Å². The molecule has 0 amide bonds. The molecule has 2 nitrogen and oxygen atoms in total. The van der Waals surface area contributed by atoms with E-state index in [0.717, 1.165) is 18.7 Å². The first-order valence-corrected chi connectivity index (χ1v) is 4.09. The Bertz CT molecular complexity index is 226. The van der Waals surface area contributed by atoms with Crippen molar-refractivity contribution in [3.8, 4) is 0 Å². The van der Waals surface area contributed by atoms with Gasteiger partial charge in [-0.3, -0.25) is 0 Å². The van der Waals surface area contributed by atoms with E-state index in [9.17, 15) is 0 Å². The molecule has 64 valence electrons. The Hall–Kier alpha value is -1.31.